The first-order valence-electron chi connectivity index (χ1n) is 11.8. The van der Waals surface area contributed by atoms with Gasteiger partial charge in [-0.05, 0) is 66.6 Å². The summed E-state index contributed by atoms with van der Waals surface area (Å²) in [4.78, 5) is 24.4. The van der Waals surface area contributed by atoms with Crippen molar-refractivity contribution in [1.29, 1.82) is 0 Å². The number of carbonyl (C=O) groups is 2. The van der Waals surface area contributed by atoms with Crippen LogP contribution in [0, 0.1) is 0 Å². The molecule has 4 N–H and O–H groups in total. The van der Waals surface area contributed by atoms with E-state index >= 15 is 0 Å². The van der Waals surface area contributed by atoms with Crippen LogP contribution in [-0.2, 0) is 16.1 Å². The minimum absolute atomic E-state index is 0.0157. The van der Waals surface area contributed by atoms with Crippen molar-refractivity contribution in [2.45, 2.75) is 31.5 Å². The van der Waals surface area contributed by atoms with Gasteiger partial charge in [0.05, 0.1) is 12.2 Å². The Hall–Kier alpha value is -4.61. The fourth-order valence-electron chi connectivity index (χ4n) is 3.23. The average Bonchev–Trinajstić information content (AvgIpc) is 2.90. The van der Waals surface area contributed by atoms with Crippen LogP contribution in [0.4, 0.5) is 33.3 Å². The minimum Gasteiger partial charge on any atom is -0.494 e. The number of alkyl halides is 5. The summed E-state index contributed by atoms with van der Waals surface area (Å²) in [5.41, 5.74) is 13.8. The summed E-state index contributed by atoms with van der Waals surface area (Å²) >= 11 is 0. The molecule has 0 amide bonds. The molecule has 0 saturated carbocycles. The lowest BCUT2D eigenvalue weighted by Crippen LogP contribution is -2.36. The van der Waals surface area contributed by atoms with Crippen LogP contribution in [0.5, 0.6) is 11.5 Å². The van der Waals surface area contributed by atoms with Crippen molar-refractivity contribution in [3.05, 3.63) is 89.5 Å². The van der Waals surface area contributed by atoms with Crippen LogP contribution < -0.4 is 20.9 Å². The Bertz CT molecular complexity index is 1340. The SMILES string of the molecule is Nc1ccc(COC(=O)/C=C/c2ccc(OC(=O)c3ccc(OCCCC(F)(F)C(F)(F)F)cc3)cc2)c(N)c1. The number of nitrogens with two attached hydrogens (primary N) is 2. The summed E-state index contributed by atoms with van der Waals surface area (Å²) < 4.78 is 78.0. The van der Waals surface area contributed by atoms with Crippen LogP contribution in [0.15, 0.2) is 72.8 Å². The van der Waals surface area contributed by atoms with Gasteiger partial charge in [0.2, 0.25) is 0 Å². The molecule has 0 atom stereocenters. The van der Waals surface area contributed by atoms with Crippen LogP contribution >= 0.6 is 0 Å². The summed E-state index contributed by atoms with van der Waals surface area (Å²) in [5, 5.41) is 0. The second-order valence-electron chi connectivity index (χ2n) is 8.54. The first kappa shape index (κ1) is 29.9. The zero-order valence-electron chi connectivity index (χ0n) is 20.9. The van der Waals surface area contributed by atoms with E-state index < -0.39 is 36.9 Å². The topological polar surface area (TPSA) is 114 Å². The number of esters is 2. The van der Waals surface area contributed by atoms with Crippen molar-refractivity contribution in [2.75, 3.05) is 18.1 Å². The van der Waals surface area contributed by atoms with Crippen LogP contribution in [-0.4, -0.2) is 30.6 Å². The molecule has 3 aromatic rings. The van der Waals surface area contributed by atoms with Crippen LogP contribution in [0.25, 0.3) is 6.08 Å². The molecule has 0 aromatic heterocycles. The highest BCUT2D eigenvalue weighted by atomic mass is 19.4. The first-order chi connectivity index (χ1) is 18.8. The lowest BCUT2D eigenvalue weighted by atomic mass is 10.2. The second kappa shape index (κ2) is 13.0. The molecule has 212 valence electrons. The Kier molecular flexibility index (Phi) is 9.70. The smallest absolute Gasteiger partial charge is 0.453 e. The molecule has 0 radical (unpaired) electrons. The predicted molar refractivity (Wildman–Crippen MR) is 138 cm³/mol. The number of benzene rings is 3. The number of halogens is 5. The summed E-state index contributed by atoms with van der Waals surface area (Å²) in [6.07, 6.45) is -4.75. The van der Waals surface area contributed by atoms with Gasteiger partial charge in [0.15, 0.2) is 0 Å². The highest BCUT2D eigenvalue weighted by molar-refractivity contribution is 5.91. The van der Waals surface area contributed by atoms with E-state index in [0.717, 1.165) is 0 Å². The number of nitrogen functional groups attached to an aromatic ring is 2. The number of carbonyl (C=O) groups excluding carboxylic acids is 2. The standard InChI is InChI=1S/C28H25F5N2O5/c29-27(30,28(31,32)33)14-1-15-38-22-11-6-19(7-12-22)26(37)40-23-9-2-18(3-10-23)4-13-25(36)39-17-20-5-8-21(34)16-24(20)35/h2-13,16H,1,14-15,17,34-35H2/b13-4+. The highest BCUT2D eigenvalue weighted by Crippen LogP contribution is 2.38. The molecule has 0 saturated heterocycles. The van der Waals surface area contributed by atoms with Gasteiger partial charge in [-0.15, -0.1) is 0 Å². The van der Waals surface area contributed by atoms with Gasteiger partial charge in [0.1, 0.15) is 18.1 Å². The van der Waals surface area contributed by atoms with Gasteiger partial charge in [-0.2, -0.15) is 22.0 Å². The highest BCUT2D eigenvalue weighted by Gasteiger charge is 2.56. The minimum atomic E-state index is -5.60. The third-order valence-electron chi connectivity index (χ3n) is 5.45. The van der Waals surface area contributed by atoms with Crippen molar-refractivity contribution in [3.63, 3.8) is 0 Å². The third kappa shape index (κ3) is 8.72. The molecule has 0 aliphatic rings. The molecule has 0 bridgehead atoms. The Morgan fingerprint density at radius 1 is 0.850 bits per heavy atom. The third-order valence-corrected chi connectivity index (χ3v) is 5.45. The summed E-state index contributed by atoms with van der Waals surface area (Å²) in [7, 11) is 0. The molecular weight excluding hydrogens is 539 g/mol. The molecule has 3 aromatic carbocycles. The first-order valence-corrected chi connectivity index (χ1v) is 11.8. The molecule has 40 heavy (non-hydrogen) atoms. The Balaban J connectivity index is 1.44. The van der Waals surface area contributed by atoms with Gasteiger partial charge in [-0.1, -0.05) is 18.2 Å². The normalized spacial score (nSPS) is 11.8. The quantitative estimate of drug-likeness (QED) is 0.0714. The van der Waals surface area contributed by atoms with Crippen LogP contribution in [0.2, 0.25) is 0 Å². The van der Waals surface area contributed by atoms with Gasteiger partial charge in [-0.25, -0.2) is 9.59 Å². The maximum absolute atomic E-state index is 12.9. The van der Waals surface area contributed by atoms with E-state index in [1.807, 2.05) is 0 Å². The molecule has 0 heterocycles. The molecular formula is C28H25F5N2O5. The number of ether oxygens (including phenoxy) is 3. The maximum Gasteiger partial charge on any atom is 0.453 e. The lowest BCUT2D eigenvalue weighted by Gasteiger charge is -2.19. The monoisotopic (exact) mass is 564 g/mol. The largest absolute Gasteiger partial charge is 0.494 e. The molecule has 3 rings (SSSR count). The van der Waals surface area contributed by atoms with Gasteiger partial charge >= 0.3 is 24.0 Å². The Morgan fingerprint density at radius 2 is 1.50 bits per heavy atom. The molecule has 0 aliphatic carbocycles. The maximum atomic E-state index is 12.9. The zero-order valence-corrected chi connectivity index (χ0v) is 20.9. The van der Waals surface area contributed by atoms with Crippen molar-refractivity contribution in [1.82, 2.24) is 0 Å². The lowest BCUT2D eigenvalue weighted by molar-refractivity contribution is -0.284. The van der Waals surface area contributed by atoms with E-state index in [9.17, 15) is 31.5 Å². The second-order valence-corrected chi connectivity index (χ2v) is 8.54. The van der Waals surface area contributed by atoms with Gasteiger partial charge in [0, 0.05) is 29.4 Å². The number of rotatable bonds is 11. The van der Waals surface area contributed by atoms with Crippen molar-refractivity contribution in [3.8, 4) is 11.5 Å². The van der Waals surface area contributed by atoms with E-state index in [0.29, 0.717) is 22.5 Å². The van der Waals surface area contributed by atoms with E-state index in [1.54, 1.807) is 30.3 Å². The van der Waals surface area contributed by atoms with E-state index in [4.69, 9.17) is 25.7 Å². The van der Waals surface area contributed by atoms with Crippen LogP contribution in [0.3, 0.4) is 0 Å². The van der Waals surface area contributed by atoms with E-state index in [1.165, 1.54) is 48.6 Å². The van der Waals surface area contributed by atoms with Crippen molar-refractivity contribution >= 4 is 29.4 Å². The van der Waals surface area contributed by atoms with Gasteiger partial charge < -0.3 is 25.7 Å². The zero-order chi connectivity index (χ0) is 29.3. The van der Waals surface area contributed by atoms with Crippen molar-refractivity contribution in [2.24, 2.45) is 0 Å². The fraction of sp³-hybridized carbons (Fsp3) is 0.214. The Labute approximate surface area is 226 Å². The summed E-state index contributed by atoms with van der Waals surface area (Å²) in [6.45, 7) is -0.372. The number of hydrogen-bond donors (Lipinski definition) is 2. The predicted octanol–water partition coefficient (Wildman–Crippen LogP) is 6.18. The number of hydrogen-bond acceptors (Lipinski definition) is 7. The van der Waals surface area contributed by atoms with Crippen LogP contribution in [0.1, 0.15) is 34.3 Å². The number of anilines is 2. The Morgan fingerprint density at radius 3 is 2.12 bits per heavy atom. The molecule has 0 aliphatic heterocycles. The molecule has 12 heteroatoms. The summed E-state index contributed by atoms with van der Waals surface area (Å²) in [6, 6.07) is 16.6. The van der Waals surface area contributed by atoms with E-state index in [2.05, 4.69) is 0 Å². The molecule has 0 spiro atoms. The van der Waals surface area contributed by atoms with E-state index in [-0.39, 0.29) is 30.3 Å². The van der Waals surface area contributed by atoms with Gasteiger partial charge in [0.25, 0.3) is 0 Å². The van der Waals surface area contributed by atoms with Gasteiger partial charge in [-0.3, -0.25) is 0 Å². The fourth-order valence-corrected chi connectivity index (χ4v) is 3.23. The summed E-state index contributed by atoms with van der Waals surface area (Å²) in [5.74, 6) is -5.63. The van der Waals surface area contributed by atoms with Crippen molar-refractivity contribution < 1.29 is 45.8 Å². The molecule has 0 unspecified atom stereocenters. The molecule has 0 fully saturated rings. The molecule has 7 nitrogen and oxygen atoms in total. The average molecular weight is 565 g/mol.